The third-order valence-corrected chi connectivity index (χ3v) is 3.23. The molecular weight excluding hydrogens is 174 g/mol. The van der Waals surface area contributed by atoms with Crippen LogP contribution in [0.25, 0.3) is 0 Å². The van der Waals surface area contributed by atoms with Crippen LogP contribution in [0.4, 0.5) is 0 Å². The van der Waals surface area contributed by atoms with Crippen molar-refractivity contribution in [3.63, 3.8) is 0 Å². The molecule has 0 aromatic rings. The van der Waals surface area contributed by atoms with Crippen LogP contribution in [0.1, 0.15) is 27.2 Å². The molecule has 0 spiro atoms. The first-order valence-corrected chi connectivity index (χ1v) is 5.22. The maximum atomic E-state index is 5.44. The molecule has 1 atom stereocenters. The van der Waals surface area contributed by atoms with Crippen LogP contribution in [0.3, 0.4) is 0 Å². The molecular formula is C12H17NO. The van der Waals surface area contributed by atoms with Crippen molar-refractivity contribution in [1.29, 1.82) is 0 Å². The van der Waals surface area contributed by atoms with Gasteiger partial charge in [-0.3, -0.25) is 0 Å². The first-order valence-electron chi connectivity index (χ1n) is 5.22. The van der Waals surface area contributed by atoms with Crippen molar-refractivity contribution in [2.75, 3.05) is 6.61 Å². The molecule has 0 aromatic carbocycles. The van der Waals surface area contributed by atoms with E-state index >= 15 is 0 Å². The summed E-state index contributed by atoms with van der Waals surface area (Å²) in [5, 5.41) is 0. The summed E-state index contributed by atoms with van der Waals surface area (Å²) in [7, 11) is 0. The number of ether oxygens (including phenoxy) is 1. The lowest BCUT2D eigenvalue weighted by Gasteiger charge is -2.25. The minimum absolute atomic E-state index is 0.0632. The standard InChI is InChI=1S/C12H17NO/c1-9(2)12(3)6-4-10-5-7-14-11(10)13-8-12/h4,6,8-9H,5,7H2,1-3H3. The highest BCUT2D eigenvalue weighted by molar-refractivity contribution is 5.71. The monoisotopic (exact) mass is 191 g/mol. The zero-order valence-corrected chi connectivity index (χ0v) is 9.08. The second kappa shape index (κ2) is 3.26. The number of hydrogen-bond acceptors (Lipinski definition) is 2. The summed E-state index contributed by atoms with van der Waals surface area (Å²) in [5.41, 5.74) is 1.30. The summed E-state index contributed by atoms with van der Waals surface area (Å²) in [6.45, 7) is 7.42. The van der Waals surface area contributed by atoms with Crippen molar-refractivity contribution in [3.8, 4) is 0 Å². The van der Waals surface area contributed by atoms with E-state index in [1.54, 1.807) is 0 Å². The van der Waals surface area contributed by atoms with E-state index in [0.717, 1.165) is 18.9 Å². The Kier molecular flexibility index (Phi) is 2.22. The zero-order valence-electron chi connectivity index (χ0n) is 9.08. The van der Waals surface area contributed by atoms with E-state index in [9.17, 15) is 0 Å². The molecule has 1 unspecified atom stereocenters. The fraction of sp³-hybridized carbons (Fsp3) is 0.583. The van der Waals surface area contributed by atoms with Crippen molar-refractivity contribution in [2.45, 2.75) is 27.2 Å². The summed E-state index contributed by atoms with van der Waals surface area (Å²) in [4.78, 5) is 4.43. The average Bonchev–Trinajstić information content (AvgIpc) is 2.53. The third kappa shape index (κ3) is 1.49. The lowest BCUT2D eigenvalue weighted by atomic mass is 9.80. The fourth-order valence-electron chi connectivity index (χ4n) is 1.59. The SMILES string of the molecule is CC(C)C1(C)C=CC2=C(N=C1)OCC2. The first-order chi connectivity index (χ1) is 6.62. The molecule has 2 heteroatoms. The van der Waals surface area contributed by atoms with E-state index in [1.807, 2.05) is 6.21 Å². The predicted octanol–water partition coefficient (Wildman–Crippen LogP) is 2.92. The molecule has 14 heavy (non-hydrogen) atoms. The Labute approximate surface area is 85.4 Å². The average molecular weight is 191 g/mol. The van der Waals surface area contributed by atoms with Gasteiger partial charge in [0, 0.05) is 23.6 Å². The lowest BCUT2D eigenvalue weighted by Crippen LogP contribution is -2.22. The molecule has 2 heterocycles. The Hall–Kier alpha value is -1.05. The molecule has 0 saturated heterocycles. The molecule has 0 radical (unpaired) electrons. The zero-order chi connectivity index (χ0) is 10.2. The molecule has 2 aliphatic rings. The van der Waals surface area contributed by atoms with Gasteiger partial charge in [0.2, 0.25) is 5.88 Å². The number of rotatable bonds is 1. The van der Waals surface area contributed by atoms with Gasteiger partial charge < -0.3 is 4.74 Å². The smallest absolute Gasteiger partial charge is 0.216 e. The molecule has 0 bridgehead atoms. The Morgan fingerprint density at radius 3 is 3.00 bits per heavy atom. The highest BCUT2D eigenvalue weighted by atomic mass is 16.5. The van der Waals surface area contributed by atoms with Crippen LogP contribution in [0, 0.1) is 11.3 Å². The lowest BCUT2D eigenvalue weighted by molar-refractivity contribution is 0.242. The quantitative estimate of drug-likeness (QED) is 0.624. The summed E-state index contributed by atoms with van der Waals surface area (Å²) in [6.07, 6.45) is 7.44. The van der Waals surface area contributed by atoms with Crippen molar-refractivity contribution in [1.82, 2.24) is 0 Å². The Balaban J connectivity index is 2.30. The Morgan fingerprint density at radius 2 is 2.29 bits per heavy atom. The maximum Gasteiger partial charge on any atom is 0.216 e. The molecule has 0 N–H and O–H groups in total. The van der Waals surface area contributed by atoms with Crippen LogP contribution in [0.2, 0.25) is 0 Å². The highest BCUT2D eigenvalue weighted by Crippen LogP contribution is 2.32. The third-order valence-electron chi connectivity index (χ3n) is 3.23. The summed E-state index contributed by atoms with van der Waals surface area (Å²) in [6, 6.07) is 0. The van der Waals surface area contributed by atoms with E-state index in [0.29, 0.717) is 5.92 Å². The number of aliphatic imine (C=N–C) groups is 1. The maximum absolute atomic E-state index is 5.44. The van der Waals surface area contributed by atoms with Crippen LogP contribution >= 0.6 is 0 Å². The Bertz CT molecular complexity index is 299. The molecule has 0 fully saturated rings. The van der Waals surface area contributed by atoms with Gasteiger partial charge in [0.1, 0.15) is 0 Å². The molecule has 0 amide bonds. The predicted molar refractivity (Wildman–Crippen MR) is 58.2 cm³/mol. The first kappa shape index (κ1) is 9.50. The van der Waals surface area contributed by atoms with Gasteiger partial charge in [-0.15, -0.1) is 0 Å². The van der Waals surface area contributed by atoms with E-state index in [4.69, 9.17) is 4.74 Å². The second-order valence-corrected chi connectivity index (χ2v) is 4.54. The topological polar surface area (TPSA) is 21.6 Å². The fourth-order valence-corrected chi connectivity index (χ4v) is 1.59. The molecule has 0 aliphatic carbocycles. The molecule has 2 rings (SSSR count). The van der Waals surface area contributed by atoms with Crippen LogP contribution in [0.15, 0.2) is 28.6 Å². The van der Waals surface area contributed by atoms with Gasteiger partial charge in [-0.2, -0.15) is 0 Å². The van der Waals surface area contributed by atoms with Crippen LogP contribution < -0.4 is 0 Å². The van der Waals surface area contributed by atoms with E-state index in [1.165, 1.54) is 5.57 Å². The largest absolute Gasteiger partial charge is 0.477 e. The van der Waals surface area contributed by atoms with Crippen molar-refractivity contribution < 1.29 is 4.74 Å². The number of hydrogen-bond donors (Lipinski definition) is 0. The van der Waals surface area contributed by atoms with Gasteiger partial charge in [0.15, 0.2) is 0 Å². The van der Waals surface area contributed by atoms with Gasteiger partial charge in [0.05, 0.1) is 6.61 Å². The van der Waals surface area contributed by atoms with E-state index in [2.05, 4.69) is 37.9 Å². The molecule has 0 aromatic heterocycles. The normalized spacial score (nSPS) is 30.6. The molecule has 0 saturated carbocycles. The van der Waals surface area contributed by atoms with Crippen molar-refractivity contribution in [3.05, 3.63) is 23.6 Å². The van der Waals surface area contributed by atoms with Crippen molar-refractivity contribution in [2.24, 2.45) is 16.3 Å². The minimum Gasteiger partial charge on any atom is -0.477 e. The van der Waals surface area contributed by atoms with Crippen molar-refractivity contribution >= 4 is 6.21 Å². The van der Waals surface area contributed by atoms with Crippen LogP contribution in [-0.4, -0.2) is 12.8 Å². The number of allylic oxidation sites excluding steroid dienone is 2. The van der Waals surface area contributed by atoms with E-state index < -0.39 is 0 Å². The van der Waals surface area contributed by atoms with E-state index in [-0.39, 0.29) is 5.41 Å². The highest BCUT2D eigenvalue weighted by Gasteiger charge is 2.26. The molecule has 2 aliphatic heterocycles. The van der Waals surface area contributed by atoms with Crippen LogP contribution in [-0.2, 0) is 4.74 Å². The number of nitrogens with zero attached hydrogens (tertiary/aromatic N) is 1. The summed E-state index contributed by atoms with van der Waals surface area (Å²) in [5.74, 6) is 1.38. The van der Waals surface area contributed by atoms with Gasteiger partial charge in [-0.25, -0.2) is 4.99 Å². The minimum atomic E-state index is 0.0632. The second-order valence-electron chi connectivity index (χ2n) is 4.54. The molecule has 76 valence electrons. The summed E-state index contributed by atoms with van der Waals surface area (Å²) >= 11 is 0. The van der Waals surface area contributed by atoms with Gasteiger partial charge in [-0.1, -0.05) is 32.9 Å². The van der Waals surface area contributed by atoms with Gasteiger partial charge in [-0.05, 0) is 5.92 Å². The summed E-state index contributed by atoms with van der Waals surface area (Å²) < 4.78 is 5.44. The Morgan fingerprint density at radius 1 is 1.50 bits per heavy atom. The van der Waals surface area contributed by atoms with Gasteiger partial charge in [0.25, 0.3) is 0 Å². The molecule has 2 nitrogen and oxygen atoms in total. The van der Waals surface area contributed by atoms with Crippen LogP contribution in [0.5, 0.6) is 0 Å². The van der Waals surface area contributed by atoms with Gasteiger partial charge >= 0.3 is 0 Å².